The molecule has 0 fully saturated rings. The first-order valence-corrected chi connectivity index (χ1v) is 9.48. The molecule has 0 bridgehead atoms. The van der Waals surface area contributed by atoms with Crippen LogP contribution in [0.3, 0.4) is 0 Å². The molecule has 23 heavy (non-hydrogen) atoms. The molecule has 0 atom stereocenters. The number of aldehydes is 1. The number of unbranched alkanes of at least 4 members (excludes halogenated alkanes) is 1. The van der Waals surface area contributed by atoms with Gasteiger partial charge in [-0.2, -0.15) is 0 Å². The van der Waals surface area contributed by atoms with Crippen LogP contribution in [-0.2, 0) is 0 Å². The molecule has 1 rings (SSSR count). The smallest absolute Gasteiger partial charge is 0.150 e. The summed E-state index contributed by atoms with van der Waals surface area (Å²) in [5.74, 6) is 1.83. The van der Waals surface area contributed by atoms with E-state index in [2.05, 4.69) is 32.6 Å². The lowest BCUT2D eigenvalue weighted by atomic mass is 10.2. The van der Waals surface area contributed by atoms with Crippen molar-refractivity contribution in [3.8, 4) is 5.75 Å². The summed E-state index contributed by atoms with van der Waals surface area (Å²) in [6.45, 7) is 9.40. The molecule has 0 aromatic heterocycles. The molecule has 0 aliphatic heterocycles. The number of thioether (sulfide) groups is 1. The molecule has 1 aromatic carbocycles. The highest BCUT2D eigenvalue weighted by Gasteiger charge is 2.16. The second kappa shape index (κ2) is 10.7. The molecule has 5 heteroatoms. The van der Waals surface area contributed by atoms with Crippen LogP contribution in [0.5, 0.6) is 5.75 Å². The maximum absolute atomic E-state index is 10.6. The van der Waals surface area contributed by atoms with E-state index in [4.69, 9.17) is 17.0 Å². The van der Waals surface area contributed by atoms with Crippen molar-refractivity contribution in [2.24, 2.45) is 0 Å². The number of thiocarbonyl (C=S) groups is 1. The minimum atomic E-state index is 0.438. The molecule has 3 nitrogen and oxygen atoms in total. The number of carbonyl (C=O) groups excluding carboxylic acids is 1. The summed E-state index contributed by atoms with van der Waals surface area (Å²) in [6.07, 6.45) is 2.90. The molecule has 0 aliphatic carbocycles. The Morgan fingerprint density at radius 1 is 1.17 bits per heavy atom. The Bertz CT molecular complexity index is 478. The largest absolute Gasteiger partial charge is 0.494 e. The molecular formula is C18H27NO2S2. The van der Waals surface area contributed by atoms with Gasteiger partial charge in [-0.15, -0.1) is 0 Å². The molecule has 0 saturated heterocycles. The van der Waals surface area contributed by atoms with Crippen LogP contribution in [0.4, 0.5) is 0 Å². The van der Waals surface area contributed by atoms with Gasteiger partial charge in [0.15, 0.2) is 0 Å². The SMILES string of the molecule is CC(C)N(C(=S)SCCCCOc1ccc(C=O)cc1)C(C)C. The number of benzene rings is 1. The third-order valence-electron chi connectivity index (χ3n) is 3.37. The predicted octanol–water partition coefficient (Wildman–Crippen LogP) is 4.80. The quantitative estimate of drug-likeness (QED) is 0.361. The Balaban J connectivity index is 2.19. The lowest BCUT2D eigenvalue weighted by Gasteiger charge is -2.32. The van der Waals surface area contributed by atoms with E-state index in [0.717, 1.165) is 35.0 Å². The van der Waals surface area contributed by atoms with Crippen molar-refractivity contribution in [2.45, 2.75) is 52.6 Å². The zero-order valence-corrected chi connectivity index (χ0v) is 16.1. The maximum Gasteiger partial charge on any atom is 0.150 e. The summed E-state index contributed by atoms with van der Waals surface area (Å²) < 4.78 is 6.65. The average molecular weight is 354 g/mol. The van der Waals surface area contributed by atoms with Crippen LogP contribution in [0.2, 0.25) is 0 Å². The fourth-order valence-corrected chi connectivity index (χ4v) is 4.05. The van der Waals surface area contributed by atoms with E-state index < -0.39 is 0 Å². The van der Waals surface area contributed by atoms with Gasteiger partial charge in [-0.1, -0.05) is 24.0 Å². The van der Waals surface area contributed by atoms with E-state index in [0.29, 0.717) is 24.3 Å². The van der Waals surface area contributed by atoms with Crippen LogP contribution in [0.15, 0.2) is 24.3 Å². The van der Waals surface area contributed by atoms with E-state index in [9.17, 15) is 4.79 Å². The van der Waals surface area contributed by atoms with Crippen molar-refractivity contribution >= 4 is 34.6 Å². The number of carbonyl (C=O) groups is 1. The number of rotatable bonds is 9. The molecule has 0 radical (unpaired) electrons. The summed E-state index contributed by atoms with van der Waals surface area (Å²) in [5, 5.41) is 0. The second-order valence-electron chi connectivity index (χ2n) is 5.95. The van der Waals surface area contributed by atoms with Gasteiger partial charge in [0.25, 0.3) is 0 Å². The van der Waals surface area contributed by atoms with Crippen LogP contribution >= 0.6 is 24.0 Å². The zero-order chi connectivity index (χ0) is 17.2. The molecule has 0 amide bonds. The monoisotopic (exact) mass is 353 g/mol. The van der Waals surface area contributed by atoms with Crippen molar-refractivity contribution in [1.82, 2.24) is 4.90 Å². The first-order valence-electron chi connectivity index (χ1n) is 8.08. The van der Waals surface area contributed by atoms with Gasteiger partial charge in [0.2, 0.25) is 0 Å². The second-order valence-corrected chi connectivity index (χ2v) is 7.68. The van der Waals surface area contributed by atoms with Crippen molar-refractivity contribution in [1.29, 1.82) is 0 Å². The minimum absolute atomic E-state index is 0.438. The van der Waals surface area contributed by atoms with E-state index in [1.54, 1.807) is 23.9 Å². The standard InChI is InChI=1S/C18H27NO2S2/c1-14(2)19(15(3)4)18(22)23-12-6-5-11-21-17-9-7-16(13-20)8-10-17/h7-10,13-15H,5-6,11-12H2,1-4H3. The third kappa shape index (κ3) is 7.36. The molecule has 0 heterocycles. The first-order chi connectivity index (χ1) is 11.0. The lowest BCUT2D eigenvalue weighted by molar-refractivity contribution is 0.112. The highest BCUT2D eigenvalue weighted by molar-refractivity contribution is 8.22. The van der Waals surface area contributed by atoms with Gasteiger partial charge in [-0.05, 0) is 64.8 Å². The summed E-state index contributed by atoms with van der Waals surface area (Å²) in [7, 11) is 0. The summed E-state index contributed by atoms with van der Waals surface area (Å²) in [6, 6.07) is 8.07. The molecule has 0 unspecified atom stereocenters. The number of hydrogen-bond donors (Lipinski definition) is 0. The number of hydrogen-bond acceptors (Lipinski definition) is 4. The van der Waals surface area contributed by atoms with E-state index >= 15 is 0 Å². The predicted molar refractivity (Wildman–Crippen MR) is 104 cm³/mol. The summed E-state index contributed by atoms with van der Waals surface area (Å²) in [4.78, 5) is 12.9. The van der Waals surface area contributed by atoms with E-state index in [1.165, 1.54) is 0 Å². The van der Waals surface area contributed by atoms with Gasteiger partial charge in [0, 0.05) is 23.4 Å². The Morgan fingerprint density at radius 3 is 2.30 bits per heavy atom. The summed E-state index contributed by atoms with van der Waals surface area (Å²) in [5.41, 5.74) is 0.669. The fraction of sp³-hybridized carbons (Fsp3) is 0.556. The van der Waals surface area contributed by atoms with Crippen LogP contribution < -0.4 is 4.74 Å². The maximum atomic E-state index is 10.6. The Labute approximate surface area is 149 Å². The van der Waals surface area contributed by atoms with Crippen LogP contribution in [0.25, 0.3) is 0 Å². The molecule has 0 N–H and O–H groups in total. The first kappa shape index (κ1) is 20.0. The lowest BCUT2D eigenvalue weighted by Crippen LogP contribution is -2.39. The molecule has 1 aromatic rings. The van der Waals surface area contributed by atoms with Crippen molar-refractivity contribution in [3.63, 3.8) is 0 Å². The van der Waals surface area contributed by atoms with Crippen LogP contribution in [-0.4, -0.2) is 40.0 Å². The molecule has 0 aliphatic rings. The van der Waals surface area contributed by atoms with Gasteiger partial charge in [0.1, 0.15) is 16.4 Å². The Kier molecular flexibility index (Phi) is 9.26. The van der Waals surface area contributed by atoms with Gasteiger partial charge in [0.05, 0.1) is 6.61 Å². The van der Waals surface area contributed by atoms with Crippen molar-refractivity contribution in [2.75, 3.05) is 12.4 Å². The van der Waals surface area contributed by atoms with Crippen LogP contribution in [0.1, 0.15) is 50.9 Å². The Morgan fingerprint density at radius 2 is 1.78 bits per heavy atom. The third-order valence-corrected chi connectivity index (χ3v) is 4.89. The number of nitrogens with zero attached hydrogens (tertiary/aromatic N) is 1. The molecular weight excluding hydrogens is 326 g/mol. The minimum Gasteiger partial charge on any atom is -0.494 e. The highest BCUT2D eigenvalue weighted by atomic mass is 32.2. The number of ether oxygens (including phenoxy) is 1. The van der Waals surface area contributed by atoms with Gasteiger partial charge >= 0.3 is 0 Å². The molecule has 128 valence electrons. The van der Waals surface area contributed by atoms with Crippen molar-refractivity contribution in [3.05, 3.63) is 29.8 Å². The van der Waals surface area contributed by atoms with Gasteiger partial charge in [-0.3, -0.25) is 4.79 Å². The highest BCUT2D eigenvalue weighted by Crippen LogP contribution is 2.18. The zero-order valence-electron chi connectivity index (χ0n) is 14.5. The summed E-state index contributed by atoms with van der Waals surface area (Å²) >= 11 is 7.29. The normalized spacial score (nSPS) is 10.9. The topological polar surface area (TPSA) is 29.5 Å². The van der Waals surface area contributed by atoms with Gasteiger partial charge in [-0.25, -0.2) is 0 Å². The Hall–Kier alpha value is -1.07. The van der Waals surface area contributed by atoms with Crippen molar-refractivity contribution < 1.29 is 9.53 Å². The van der Waals surface area contributed by atoms with E-state index in [-0.39, 0.29) is 0 Å². The average Bonchev–Trinajstić information content (AvgIpc) is 2.50. The molecule has 0 saturated carbocycles. The fourth-order valence-electron chi connectivity index (χ4n) is 2.29. The van der Waals surface area contributed by atoms with E-state index in [1.807, 2.05) is 12.1 Å². The molecule has 0 spiro atoms. The van der Waals surface area contributed by atoms with Gasteiger partial charge < -0.3 is 9.64 Å². The van der Waals surface area contributed by atoms with Crippen LogP contribution in [0, 0.1) is 0 Å².